The van der Waals surface area contributed by atoms with E-state index in [9.17, 15) is 4.79 Å². The number of nitrogens with one attached hydrogen (secondary N) is 2. The summed E-state index contributed by atoms with van der Waals surface area (Å²) < 4.78 is 0. The highest BCUT2D eigenvalue weighted by Crippen LogP contribution is 2.47. The maximum atomic E-state index is 13.2. The number of hydrogen-bond acceptors (Lipinski definition) is 3. The zero-order valence-corrected chi connectivity index (χ0v) is 30.3. The van der Waals surface area contributed by atoms with Gasteiger partial charge in [0.15, 0.2) is 0 Å². The van der Waals surface area contributed by atoms with Gasteiger partial charge in [-0.3, -0.25) is 9.78 Å². The number of fused-ring (bicyclic) bond motifs is 8. The second kappa shape index (κ2) is 13.3. The minimum absolute atomic E-state index is 0.105. The Hall–Kier alpha value is -2.71. The molecule has 5 heterocycles. The molecule has 6 nitrogen and oxygen atoms in total. The first-order valence-electron chi connectivity index (χ1n) is 15.7. The predicted molar refractivity (Wildman–Crippen MR) is 192 cm³/mol. The van der Waals surface area contributed by atoms with Crippen molar-refractivity contribution in [3.63, 3.8) is 0 Å². The lowest BCUT2D eigenvalue weighted by Gasteiger charge is -2.31. The number of nitrogens with zero attached hydrogens (tertiary/aromatic N) is 3. The summed E-state index contributed by atoms with van der Waals surface area (Å²) in [5.74, 6) is 0.221. The standard InChI is InChI=1S/C36H45Br2N5O/c1-8-27-33-18-30-23(4)26(12-10-14-38)32(41-30)19-31-25(11-9-13-37)22(3)29(40-31)17-28-21(2)15-24(39-28)16-34(42-33)36(27,5)20-35(44)43(6)7/h15-19,27,39,41H,8-14,20H2,1-7H3/t27-,36-/m0/s1. The van der Waals surface area contributed by atoms with Crippen LogP contribution in [0.5, 0.6) is 0 Å². The number of allylic oxidation sites excluding steroid dienone is 2. The normalized spacial score (nSPS) is 18.2. The van der Waals surface area contributed by atoms with Crippen LogP contribution in [0, 0.1) is 13.8 Å². The maximum absolute atomic E-state index is 13.2. The number of alkyl halides is 2. The molecule has 0 unspecified atom stereocenters. The molecule has 2 atom stereocenters. The van der Waals surface area contributed by atoms with Crippen LogP contribution in [-0.4, -0.2) is 55.5 Å². The van der Waals surface area contributed by atoms with Crippen LogP contribution in [0.2, 0.25) is 0 Å². The maximum Gasteiger partial charge on any atom is 0.223 e. The molecule has 8 bridgehead atoms. The fourth-order valence-electron chi connectivity index (χ4n) is 6.88. The number of carbonyl (C=O) groups excluding carboxylic acids is 1. The van der Waals surface area contributed by atoms with Gasteiger partial charge in [0, 0.05) is 76.0 Å². The van der Waals surface area contributed by atoms with Gasteiger partial charge in [0.05, 0.1) is 11.4 Å². The Balaban J connectivity index is 1.89. The number of amides is 1. The highest BCUT2D eigenvalue weighted by atomic mass is 79.9. The first kappa shape index (κ1) is 32.7. The lowest BCUT2D eigenvalue weighted by atomic mass is 9.71. The average Bonchev–Trinajstić information content (AvgIpc) is 3.64. The molecule has 5 rings (SSSR count). The largest absolute Gasteiger partial charge is 0.355 e. The first-order valence-corrected chi connectivity index (χ1v) is 18.0. The molecule has 0 saturated carbocycles. The predicted octanol–water partition coefficient (Wildman–Crippen LogP) is 9.29. The topological polar surface area (TPSA) is 77.7 Å². The molecule has 0 spiro atoms. The van der Waals surface area contributed by atoms with Crippen molar-refractivity contribution in [2.24, 2.45) is 0 Å². The van der Waals surface area contributed by atoms with E-state index in [2.05, 4.69) is 107 Å². The van der Waals surface area contributed by atoms with Gasteiger partial charge in [0.1, 0.15) is 0 Å². The molecule has 0 saturated heterocycles. The van der Waals surface area contributed by atoms with Gasteiger partial charge in [0.2, 0.25) is 5.91 Å². The summed E-state index contributed by atoms with van der Waals surface area (Å²) in [6.07, 6.45) is 5.33. The Morgan fingerprint density at radius 3 is 2.30 bits per heavy atom. The summed E-state index contributed by atoms with van der Waals surface area (Å²) in [5, 5.41) is 1.91. The van der Waals surface area contributed by atoms with E-state index in [1.165, 1.54) is 22.3 Å². The Bertz CT molecular complexity index is 1770. The summed E-state index contributed by atoms with van der Waals surface area (Å²) in [4.78, 5) is 32.9. The Kier molecular flexibility index (Phi) is 9.90. The highest BCUT2D eigenvalue weighted by molar-refractivity contribution is 9.09. The van der Waals surface area contributed by atoms with Crippen molar-refractivity contribution in [1.82, 2.24) is 24.8 Å². The van der Waals surface area contributed by atoms with Crippen LogP contribution in [0.15, 0.2) is 30.3 Å². The molecular formula is C36H45Br2N5O. The molecule has 2 aliphatic heterocycles. The Morgan fingerprint density at radius 1 is 0.909 bits per heavy atom. The van der Waals surface area contributed by atoms with E-state index in [0.717, 1.165) is 93.2 Å². The molecule has 3 aromatic heterocycles. The van der Waals surface area contributed by atoms with E-state index in [-0.39, 0.29) is 11.8 Å². The van der Waals surface area contributed by atoms with Crippen molar-refractivity contribution in [2.75, 3.05) is 24.8 Å². The van der Waals surface area contributed by atoms with Gasteiger partial charge in [-0.2, -0.15) is 0 Å². The third kappa shape index (κ3) is 6.21. The molecule has 2 aliphatic rings. The van der Waals surface area contributed by atoms with Crippen molar-refractivity contribution in [3.8, 4) is 0 Å². The van der Waals surface area contributed by atoms with Crippen molar-refractivity contribution in [3.05, 3.63) is 69.8 Å². The molecule has 2 N–H and O–H groups in total. The first-order chi connectivity index (χ1) is 21.0. The van der Waals surface area contributed by atoms with E-state index in [0.29, 0.717) is 6.42 Å². The molecule has 234 valence electrons. The lowest BCUT2D eigenvalue weighted by molar-refractivity contribution is -0.130. The smallest absolute Gasteiger partial charge is 0.223 e. The SMILES string of the molecule is CC[C@H]1c2cc3[nH]c(cc4nc(cc5[nH]c(cc(n2)[C@@]1(C)CC(=O)N(C)C)cc5C)C(C)=C4CCCBr)c(CCCBr)c3C. The minimum atomic E-state index is -0.435. The van der Waals surface area contributed by atoms with E-state index in [4.69, 9.17) is 9.97 Å². The summed E-state index contributed by atoms with van der Waals surface area (Å²) in [5.41, 5.74) is 14.1. The Morgan fingerprint density at radius 2 is 1.61 bits per heavy atom. The number of aromatic amines is 2. The number of halogens is 2. The van der Waals surface area contributed by atoms with Crippen molar-refractivity contribution >= 4 is 71.0 Å². The average molecular weight is 724 g/mol. The molecular weight excluding hydrogens is 678 g/mol. The van der Waals surface area contributed by atoms with Crippen LogP contribution >= 0.6 is 31.9 Å². The van der Waals surface area contributed by atoms with Gasteiger partial charge in [-0.15, -0.1) is 0 Å². The second-order valence-corrected chi connectivity index (χ2v) is 14.4. The third-order valence-electron chi connectivity index (χ3n) is 9.57. The minimum Gasteiger partial charge on any atom is -0.355 e. The third-order valence-corrected chi connectivity index (χ3v) is 10.7. The van der Waals surface area contributed by atoms with Gasteiger partial charge in [-0.1, -0.05) is 45.7 Å². The van der Waals surface area contributed by atoms with Crippen molar-refractivity contribution in [2.45, 2.75) is 84.5 Å². The Labute approximate surface area is 278 Å². The highest BCUT2D eigenvalue weighted by Gasteiger charge is 2.44. The zero-order chi connectivity index (χ0) is 31.8. The molecule has 0 radical (unpaired) electrons. The van der Waals surface area contributed by atoms with Crippen LogP contribution in [0.4, 0.5) is 0 Å². The molecule has 0 aromatic carbocycles. The summed E-state index contributed by atoms with van der Waals surface area (Å²) in [6, 6.07) is 11.0. The van der Waals surface area contributed by atoms with Gasteiger partial charge in [-0.05, 0) is 111 Å². The van der Waals surface area contributed by atoms with Crippen LogP contribution in [0.3, 0.4) is 0 Å². The number of H-pyrrole nitrogens is 2. The molecule has 1 amide bonds. The van der Waals surface area contributed by atoms with Crippen LogP contribution in [0.1, 0.15) is 98.3 Å². The fourth-order valence-corrected chi connectivity index (χ4v) is 7.44. The molecule has 0 aliphatic carbocycles. The number of aromatic nitrogens is 4. The van der Waals surface area contributed by atoms with Gasteiger partial charge < -0.3 is 14.9 Å². The van der Waals surface area contributed by atoms with E-state index < -0.39 is 5.41 Å². The molecule has 44 heavy (non-hydrogen) atoms. The van der Waals surface area contributed by atoms with Crippen LogP contribution in [-0.2, 0) is 16.6 Å². The second-order valence-electron chi connectivity index (χ2n) is 12.8. The van der Waals surface area contributed by atoms with E-state index in [1.54, 1.807) is 4.90 Å². The number of hydrogen-bond donors (Lipinski definition) is 2. The number of rotatable bonds is 9. The van der Waals surface area contributed by atoms with Gasteiger partial charge in [-0.25, -0.2) is 4.98 Å². The zero-order valence-electron chi connectivity index (χ0n) is 27.1. The number of aryl methyl sites for hydroxylation is 3. The monoisotopic (exact) mass is 721 g/mol. The van der Waals surface area contributed by atoms with Crippen molar-refractivity contribution < 1.29 is 4.79 Å². The van der Waals surface area contributed by atoms with Crippen molar-refractivity contribution in [1.29, 1.82) is 0 Å². The lowest BCUT2D eigenvalue weighted by Crippen LogP contribution is -2.34. The van der Waals surface area contributed by atoms with Crippen LogP contribution < -0.4 is 0 Å². The molecule has 8 heteroatoms. The van der Waals surface area contributed by atoms with Crippen LogP contribution in [0.25, 0.3) is 33.2 Å². The summed E-state index contributed by atoms with van der Waals surface area (Å²) in [7, 11) is 3.67. The molecule has 3 aromatic rings. The van der Waals surface area contributed by atoms with Gasteiger partial charge >= 0.3 is 0 Å². The number of carbonyl (C=O) groups is 1. The van der Waals surface area contributed by atoms with E-state index in [1.807, 2.05) is 14.1 Å². The summed E-state index contributed by atoms with van der Waals surface area (Å²) in [6.45, 7) is 11.0. The summed E-state index contributed by atoms with van der Waals surface area (Å²) >= 11 is 7.29. The fraction of sp³-hybridized carbons (Fsp3) is 0.472. The molecule has 0 fully saturated rings. The van der Waals surface area contributed by atoms with E-state index >= 15 is 0 Å². The quantitative estimate of drug-likeness (QED) is 0.216. The van der Waals surface area contributed by atoms with Gasteiger partial charge in [0.25, 0.3) is 0 Å².